The zero-order chi connectivity index (χ0) is 15.7. The van der Waals surface area contributed by atoms with Crippen molar-refractivity contribution >= 4 is 5.91 Å². The average molecular weight is 308 g/mol. The van der Waals surface area contributed by atoms with Crippen LogP contribution in [0.1, 0.15) is 31.0 Å². The molecule has 1 N–H and O–H groups in total. The van der Waals surface area contributed by atoms with Crippen molar-refractivity contribution in [2.45, 2.75) is 31.3 Å². The van der Waals surface area contributed by atoms with E-state index in [1.807, 2.05) is 19.0 Å². The van der Waals surface area contributed by atoms with Gasteiger partial charge in [-0.05, 0) is 30.3 Å². The van der Waals surface area contributed by atoms with Crippen molar-refractivity contribution in [3.63, 3.8) is 0 Å². The molecule has 2 atom stereocenters. The molecule has 0 aliphatic carbocycles. The Balaban J connectivity index is 1.51. The van der Waals surface area contributed by atoms with E-state index in [1.165, 1.54) is 0 Å². The second-order valence-electron chi connectivity index (χ2n) is 6.57. The van der Waals surface area contributed by atoms with E-state index in [0.29, 0.717) is 18.9 Å². The van der Waals surface area contributed by atoms with Crippen molar-refractivity contribution in [3.8, 4) is 0 Å². The van der Waals surface area contributed by atoms with Crippen LogP contribution in [0.3, 0.4) is 0 Å². The Morgan fingerprint density at radius 1 is 1.27 bits per heavy atom. The first-order valence-corrected chi connectivity index (χ1v) is 7.91. The summed E-state index contributed by atoms with van der Waals surface area (Å²) < 4.78 is 1.72. The number of aryl methyl sites for hydroxylation is 1. The van der Waals surface area contributed by atoms with E-state index in [4.69, 9.17) is 0 Å². The zero-order valence-electron chi connectivity index (χ0n) is 13.2. The second kappa shape index (κ2) is 6.29. The zero-order valence-corrected chi connectivity index (χ0v) is 13.2. The molecule has 122 valence electrons. The summed E-state index contributed by atoms with van der Waals surface area (Å²) in [7, 11) is 3.83. The lowest BCUT2D eigenvalue weighted by atomic mass is 9.94. The minimum atomic E-state index is -0.379. The molecule has 2 aliphatic rings. The largest absolute Gasteiger partial charge is 0.391 e. The Bertz CT molecular complexity index is 525. The minimum absolute atomic E-state index is 0.0677. The normalized spacial score (nSPS) is 27.5. The van der Waals surface area contributed by atoms with Gasteiger partial charge >= 0.3 is 0 Å². The highest BCUT2D eigenvalue weighted by Crippen LogP contribution is 2.27. The van der Waals surface area contributed by atoms with Crippen molar-refractivity contribution in [3.05, 3.63) is 5.82 Å². The number of nitrogens with zero attached hydrogens (tertiary/aromatic N) is 6. The molecule has 1 aromatic heterocycles. The molecule has 2 saturated heterocycles. The predicted molar refractivity (Wildman–Crippen MR) is 79.0 cm³/mol. The number of amides is 1. The topological polar surface area (TPSA) is 87.4 Å². The summed E-state index contributed by atoms with van der Waals surface area (Å²) in [5.74, 6) is 1.46. The van der Waals surface area contributed by atoms with Crippen LogP contribution in [-0.4, -0.2) is 80.4 Å². The van der Waals surface area contributed by atoms with E-state index in [0.717, 1.165) is 38.3 Å². The number of likely N-dealkylation sites (N-methyl/N-ethyl adjacent to an activating group) is 1. The highest BCUT2D eigenvalue weighted by molar-refractivity contribution is 5.76. The van der Waals surface area contributed by atoms with Crippen molar-refractivity contribution in [2.75, 3.05) is 33.2 Å². The van der Waals surface area contributed by atoms with E-state index < -0.39 is 0 Å². The molecule has 2 fully saturated rings. The standard InChI is InChI=1S/C14H24N6O2/c1-18-8-11(12(21)9-18)7-13(22)20-5-3-10(4-6-20)14-15-16-17-19(14)2/h10-12,21H,3-9H2,1-2H3/t11-,12-/m1/s1. The molecule has 8 nitrogen and oxygen atoms in total. The number of β-amino-alcohol motifs (C(OH)–C–C–N with tert-alkyl or cyclic N) is 1. The van der Waals surface area contributed by atoms with Crippen molar-refractivity contribution in [2.24, 2.45) is 13.0 Å². The number of hydrogen-bond donors (Lipinski definition) is 1. The smallest absolute Gasteiger partial charge is 0.222 e. The molecule has 1 aromatic rings. The minimum Gasteiger partial charge on any atom is -0.391 e. The van der Waals surface area contributed by atoms with E-state index >= 15 is 0 Å². The van der Waals surface area contributed by atoms with Gasteiger partial charge in [0.15, 0.2) is 5.82 Å². The lowest BCUT2D eigenvalue weighted by molar-refractivity contribution is -0.133. The third-order valence-electron chi connectivity index (χ3n) is 4.89. The molecule has 0 saturated carbocycles. The maximum Gasteiger partial charge on any atom is 0.222 e. The van der Waals surface area contributed by atoms with Gasteiger partial charge in [-0.1, -0.05) is 0 Å². The van der Waals surface area contributed by atoms with Crippen molar-refractivity contribution in [1.29, 1.82) is 0 Å². The van der Waals surface area contributed by atoms with Crippen LogP contribution >= 0.6 is 0 Å². The van der Waals surface area contributed by atoms with Crippen LogP contribution in [0.2, 0.25) is 0 Å². The van der Waals surface area contributed by atoms with Gasteiger partial charge in [0.05, 0.1) is 6.10 Å². The van der Waals surface area contributed by atoms with Gasteiger partial charge in [0, 0.05) is 51.5 Å². The monoisotopic (exact) mass is 308 g/mol. The van der Waals surface area contributed by atoms with Gasteiger partial charge in [-0.25, -0.2) is 4.68 Å². The number of aliphatic hydroxyl groups excluding tert-OH is 1. The molecule has 3 rings (SSSR count). The Hall–Kier alpha value is -1.54. The highest BCUT2D eigenvalue weighted by atomic mass is 16.3. The van der Waals surface area contributed by atoms with Crippen LogP contribution in [0.5, 0.6) is 0 Å². The fourth-order valence-corrected chi connectivity index (χ4v) is 3.59. The van der Waals surface area contributed by atoms with E-state index in [2.05, 4.69) is 20.4 Å². The Labute approximate surface area is 130 Å². The summed E-state index contributed by atoms with van der Waals surface area (Å²) in [5.41, 5.74) is 0. The third kappa shape index (κ3) is 3.12. The number of likely N-dealkylation sites (tertiary alicyclic amines) is 2. The molecule has 8 heteroatoms. The summed E-state index contributed by atoms with van der Waals surface area (Å²) in [6.07, 6.45) is 1.86. The lowest BCUT2D eigenvalue weighted by Crippen LogP contribution is -2.40. The highest BCUT2D eigenvalue weighted by Gasteiger charge is 2.33. The van der Waals surface area contributed by atoms with Gasteiger partial charge in [0.25, 0.3) is 0 Å². The number of piperidine rings is 1. The number of aromatic nitrogens is 4. The fraction of sp³-hybridized carbons (Fsp3) is 0.857. The lowest BCUT2D eigenvalue weighted by Gasteiger charge is -2.32. The summed E-state index contributed by atoms with van der Waals surface area (Å²) in [6, 6.07) is 0. The first-order chi connectivity index (χ1) is 10.5. The maximum atomic E-state index is 12.4. The molecular weight excluding hydrogens is 284 g/mol. The molecular formula is C14H24N6O2. The molecule has 0 bridgehead atoms. The summed E-state index contributed by atoms with van der Waals surface area (Å²) in [4.78, 5) is 16.4. The van der Waals surface area contributed by atoms with Gasteiger partial charge in [-0.3, -0.25) is 4.79 Å². The molecule has 1 amide bonds. The first kappa shape index (κ1) is 15.4. The molecule has 0 radical (unpaired) electrons. The van der Waals surface area contributed by atoms with Crippen LogP contribution in [0.4, 0.5) is 0 Å². The number of hydrogen-bond acceptors (Lipinski definition) is 6. The molecule has 0 unspecified atom stereocenters. The number of carbonyl (C=O) groups excluding carboxylic acids is 1. The number of tetrazole rings is 1. The third-order valence-corrected chi connectivity index (χ3v) is 4.89. The predicted octanol–water partition coefficient (Wildman–Crippen LogP) is -0.771. The van der Waals surface area contributed by atoms with Gasteiger partial charge in [-0.15, -0.1) is 5.10 Å². The van der Waals surface area contributed by atoms with Crippen LogP contribution in [0, 0.1) is 5.92 Å². The van der Waals surface area contributed by atoms with E-state index in [-0.39, 0.29) is 17.9 Å². The quantitative estimate of drug-likeness (QED) is 0.789. The van der Waals surface area contributed by atoms with Crippen molar-refractivity contribution < 1.29 is 9.90 Å². The second-order valence-corrected chi connectivity index (χ2v) is 6.57. The van der Waals surface area contributed by atoms with Crippen LogP contribution < -0.4 is 0 Å². The molecule has 2 aliphatic heterocycles. The number of rotatable bonds is 3. The van der Waals surface area contributed by atoms with Gasteiger partial charge < -0.3 is 14.9 Å². The summed E-state index contributed by atoms with van der Waals surface area (Å²) in [5, 5.41) is 21.6. The average Bonchev–Trinajstić information content (AvgIpc) is 3.05. The SMILES string of the molecule is CN1C[C@@H](CC(=O)N2CCC(c3nnnn3C)CC2)[C@H](O)C1. The van der Waals surface area contributed by atoms with E-state index in [9.17, 15) is 9.90 Å². The fourth-order valence-electron chi connectivity index (χ4n) is 3.59. The van der Waals surface area contributed by atoms with Crippen molar-refractivity contribution in [1.82, 2.24) is 30.0 Å². The van der Waals surface area contributed by atoms with Crippen LogP contribution in [0.15, 0.2) is 0 Å². The Kier molecular flexibility index (Phi) is 4.39. The Morgan fingerprint density at radius 2 is 2.00 bits per heavy atom. The molecule has 0 spiro atoms. The first-order valence-electron chi connectivity index (χ1n) is 7.91. The molecule has 3 heterocycles. The molecule has 0 aromatic carbocycles. The van der Waals surface area contributed by atoms with Gasteiger partial charge in [0.2, 0.25) is 5.91 Å². The van der Waals surface area contributed by atoms with Gasteiger partial charge in [0.1, 0.15) is 0 Å². The summed E-state index contributed by atoms with van der Waals surface area (Å²) >= 11 is 0. The van der Waals surface area contributed by atoms with E-state index in [1.54, 1.807) is 4.68 Å². The van der Waals surface area contributed by atoms with Crippen LogP contribution in [0.25, 0.3) is 0 Å². The number of aliphatic hydroxyl groups is 1. The summed E-state index contributed by atoms with van der Waals surface area (Å²) in [6.45, 7) is 2.96. The number of carbonyl (C=O) groups is 1. The molecule has 22 heavy (non-hydrogen) atoms. The van der Waals surface area contributed by atoms with Gasteiger partial charge in [-0.2, -0.15) is 0 Å². The Morgan fingerprint density at radius 3 is 2.55 bits per heavy atom. The maximum absolute atomic E-state index is 12.4. The van der Waals surface area contributed by atoms with Crippen LogP contribution in [-0.2, 0) is 11.8 Å².